The first kappa shape index (κ1) is 18.6. The van der Waals surface area contributed by atoms with Gasteiger partial charge in [0, 0.05) is 49.6 Å². The molecule has 0 spiro atoms. The number of amides is 1. The van der Waals surface area contributed by atoms with E-state index in [4.69, 9.17) is 6.42 Å². The zero-order valence-electron chi connectivity index (χ0n) is 16.8. The third-order valence-electron chi connectivity index (χ3n) is 6.24. The monoisotopic (exact) mass is 400 g/mol. The molecule has 2 bridgehead atoms. The molecule has 0 saturated carbocycles. The average molecular weight is 400 g/mol. The van der Waals surface area contributed by atoms with Crippen LogP contribution < -0.4 is 4.90 Å². The largest absolute Gasteiger partial charge is 0.347 e. The predicted octanol–water partition coefficient (Wildman–Crippen LogP) is 2.31. The van der Waals surface area contributed by atoms with Crippen LogP contribution in [0.15, 0.2) is 43.0 Å². The van der Waals surface area contributed by atoms with Crippen LogP contribution in [-0.4, -0.2) is 55.6 Å². The molecule has 5 rings (SSSR count). The van der Waals surface area contributed by atoms with Crippen molar-refractivity contribution in [3.05, 3.63) is 54.1 Å². The number of terminal acetylenes is 1. The summed E-state index contributed by atoms with van der Waals surface area (Å²) < 4.78 is 1.78. The molecule has 3 aromatic rings. The van der Waals surface area contributed by atoms with E-state index in [9.17, 15) is 4.79 Å². The second-order valence-corrected chi connectivity index (χ2v) is 8.06. The molecule has 1 amide bonds. The van der Waals surface area contributed by atoms with Gasteiger partial charge in [0.1, 0.15) is 12.1 Å². The lowest BCUT2D eigenvalue weighted by molar-refractivity contribution is -0.132. The molecule has 2 fully saturated rings. The highest BCUT2D eigenvalue weighted by molar-refractivity contribution is 5.77. The number of nitrogens with zero attached hydrogens (tertiary/aromatic N) is 6. The van der Waals surface area contributed by atoms with Gasteiger partial charge in [-0.25, -0.2) is 14.5 Å². The van der Waals surface area contributed by atoms with Crippen LogP contribution in [0, 0.1) is 12.3 Å². The number of carbonyl (C=O) groups excluding carboxylic acids is 1. The fourth-order valence-electron chi connectivity index (χ4n) is 4.79. The van der Waals surface area contributed by atoms with Crippen molar-refractivity contribution in [1.82, 2.24) is 24.5 Å². The van der Waals surface area contributed by atoms with Gasteiger partial charge in [-0.05, 0) is 49.4 Å². The zero-order valence-corrected chi connectivity index (χ0v) is 16.8. The highest BCUT2D eigenvalue weighted by Gasteiger charge is 2.41. The van der Waals surface area contributed by atoms with E-state index in [1.54, 1.807) is 17.0 Å². The number of rotatable bonds is 5. The fraction of sp³-hybridized carbons (Fsp3) is 0.391. The van der Waals surface area contributed by atoms with Gasteiger partial charge in [-0.3, -0.25) is 4.79 Å². The van der Waals surface area contributed by atoms with Crippen molar-refractivity contribution in [3.63, 3.8) is 0 Å². The fourth-order valence-corrected chi connectivity index (χ4v) is 4.79. The van der Waals surface area contributed by atoms with Crippen LogP contribution in [-0.2, 0) is 11.2 Å². The number of aryl methyl sites for hydroxylation is 1. The number of aromatic nitrogens is 4. The summed E-state index contributed by atoms with van der Waals surface area (Å²) in [6.07, 6.45) is 15.0. The lowest BCUT2D eigenvalue weighted by Gasteiger charge is -2.41. The number of anilines is 1. The van der Waals surface area contributed by atoms with Crippen molar-refractivity contribution in [1.29, 1.82) is 0 Å². The highest BCUT2D eigenvalue weighted by atomic mass is 16.2. The van der Waals surface area contributed by atoms with Crippen molar-refractivity contribution in [2.75, 3.05) is 18.0 Å². The van der Waals surface area contributed by atoms with Crippen LogP contribution in [0.2, 0.25) is 0 Å². The Labute approximate surface area is 175 Å². The summed E-state index contributed by atoms with van der Waals surface area (Å²) in [5.74, 6) is 3.83. The van der Waals surface area contributed by atoms with E-state index in [1.807, 2.05) is 29.3 Å². The second-order valence-electron chi connectivity index (χ2n) is 8.06. The number of likely N-dealkylation sites (tertiary alicyclic amines) is 1. The molecule has 2 atom stereocenters. The summed E-state index contributed by atoms with van der Waals surface area (Å²) in [5, 5.41) is 4.17. The van der Waals surface area contributed by atoms with Crippen LogP contribution in [0.25, 0.3) is 5.65 Å². The Morgan fingerprint density at radius 2 is 2.00 bits per heavy atom. The third kappa shape index (κ3) is 3.39. The Balaban J connectivity index is 1.19. The number of carbonyl (C=O) groups is 1. The Hall–Kier alpha value is -3.40. The van der Waals surface area contributed by atoms with Gasteiger partial charge in [-0.2, -0.15) is 5.10 Å². The predicted molar refractivity (Wildman–Crippen MR) is 114 cm³/mol. The Kier molecular flexibility index (Phi) is 4.83. The zero-order chi connectivity index (χ0) is 20.5. The number of piperazine rings is 1. The van der Waals surface area contributed by atoms with E-state index in [2.05, 4.69) is 32.0 Å². The van der Waals surface area contributed by atoms with Crippen molar-refractivity contribution in [2.24, 2.45) is 0 Å². The molecular weight excluding hydrogens is 376 g/mol. The molecule has 2 unspecified atom stereocenters. The molecule has 3 aromatic heterocycles. The quantitative estimate of drug-likeness (QED) is 0.615. The van der Waals surface area contributed by atoms with Crippen molar-refractivity contribution >= 4 is 17.4 Å². The molecule has 2 aliphatic rings. The Morgan fingerprint density at radius 1 is 1.17 bits per heavy atom. The van der Waals surface area contributed by atoms with Crippen LogP contribution in [0.5, 0.6) is 0 Å². The molecule has 0 radical (unpaired) electrons. The molecular formula is C23H24N6O. The normalized spacial score (nSPS) is 20.5. The molecule has 30 heavy (non-hydrogen) atoms. The number of hydrogen-bond donors (Lipinski definition) is 0. The SMILES string of the molecule is C#Cc1ccc(N2C3CCC2CN(C(=O)CCCc2cccn4ncnc24)C3)nc1. The summed E-state index contributed by atoms with van der Waals surface area (Å²) in [4.78, 5) is 26.2. The smallest absolute Gasteiger partial charge is 0.222 e. The second kappa shape index (κ2) is 7.79. The molecule has 2 aliphatic heterocycles. The molecule has 7 heteroatoms. The minimum absolute atomic E-state index is 0.246. The van der Waals surface area contributed by atoms with E-state index >= 15 is 0 Å². The third-order valence-corrected chi connectivity index (χ3v) is 6.24. The number of fused-ring (bicyclic) bond motifs is 3. The van der Waals surface area contributed by atoms with Crippen LogP contribution in [0.4, 0.5) is 5.82 Å². The lowest BCUT2D eigenvalue weighted by atomic mass is 10.1. The first-order valence-electron chi connectivity index (χ1n) is 10.5. The molecule has 0 N–H and O–H groups in total. The summed E-state index contributed by atoms with van der Waals surface area (Å²) >= 11 is 0. The minimum atomic E-state index is 0.246. The van der Waals surface area contributed by atoms with Gasteiger partial charge >= 0.3 is 0 Å². The number of pyridine rings is 2. The molecule has 152 valence electrons. The van der Waals surface area contributed by atoms with Crippen molar-refractivity contribution in [3.8, 4) is 12.3 Å². The van der Waals surface area contributed by atoms with Crippen molar-refractivity contribution in [2.45, 2.75) is 44.2 Å². The van der Waals surface area contributed by atoms with Gasteiger partial charge in [0.05, 0.1) is 0 Å². The maximum Gasteiger partial charge on any atom is 0.222 e. The maximum atomic E-state index is 12.9. The van der Waals surface area contributed by atoms with Gasteiger partial charge < -0.3 is 9.80 Å². The van der Waals surface area contributed by atoms with E-state index in [1.165, 1.54) is 0 Å². The standard InChI is InChI=1S/C23H24N6O/c1-2-17-8-11-21(24-13-17)29-19-9-10-20(29)15-27(14-19)22(30)7-3-5-18-6-4-12-28-23(18)25-16-26-28/h1,4,6,8,11-13,16,19-20H,3,5,7,9-10,14-15H2. The van der Waals surface area contributed by atoms with Gasteiger partial charge in [-0.1, -0.05) is 12.0 Å². The first-order chi connectivity index (χ1) is 14.7. The van der Waals surface area contributed by atoms with Gasteiger partial charge in [0.15, 0.2) is 5.65 Å². The molecule has 0 aliphatic carbocycles. The maximum absolute atomic E-state index is 12.9. The lowest BCUT2D eigenvalue weighted by Crippen LogP contribution is -2.55. The molecule has 0 aromatic carbocycles. The Morgan fingerprint density at radius 3 is 2.73 bits per heavy atom. The van der Waals surface area contributed by atoms with Gasteiger partial charge in [-0.15, -0.1) is 6.42 Å². The number of hydrogen-bond acceptors (Lipinski definition) is 5. The highest BCUT2D eigenvalue weighted by Crippen LogP contribution is 2.34. The van der Waals surface area contributed by atoms with Crippen LogP contribution in [0.3, 0.4) is 0 Å². The van der Waals surface area contributed by atoms with E-state index < -0.39 is 0 Å². The first-order valence-corrected chi connectivity index (χ1v) is 10.5. The van der Waals surface area contributed by atoms with E-state index in [-0.39, 0.29) is 5.91 Å². The summed E-state index contributed by atoms with van der Waals surface area (Å²) in [5.41, 5.74) is 2.80. The van der Waals surface area contributed by atoms with Gasteiger partial charge in [0.25, 0.3) is 0 Å². The minimum Gasteiger partial charge on any atom is -0.347 e. The molecule has 5 heterocycles. The molecule has 2 saturated heterocycles. The molecule has 7 nitrogen and oxygen atoms in total. The summed E-state index contributed by atoms with van der Waals surface area (Å²) in [7, 11) is 0. The summed E-state index contributed by atoms with van der Waals surface area (Å²) in [6, 6.07) is 8.65. The average Bonchev–Trinajstić information content (AvgIpc) is 3.36. The van der Waals surface area contributed by atoms with Crippen LogP contribution in [0.1, 0.15) is 36.8 Å². The summed E-state index contributed by atoms with van der Waals surface area (Å²) in [6.45, 7) is 1.54. The van der Waals surface area contributed by atoms with Crippen molar-refractivity contribution < 1.29 is 4.79 Å². The van der Waals surface area contributed by atoms with E-state index in [0.29, 0.717) is 18.5 Å². The Bertz CT molecular complexity index is 1080. The topological polar surface area (TPSA) is 66.6 Å². The van der Waals surface area contributed by atoms with E-state index in [0.717, 1.165) is 61.4 Å². The van der Waals surface area contributed by atoms with Gasteiger partial charge in [0.2, 0.25) is 5.91 Å². The van der Waals surface area contributed by atoms with Crippen LogP contribution >= 0.6 is 0 Å².